The minimum atomic E-state index is 1.17. The zero-order chi connectivity index (χ0) is 18.5. The Balaban J connectivity index is 1.64. The molecular weight excluding hydrogens is 340 g/mol. The molecule has 6 aromatic rings. The van der Waals surface area contributed by atoms with Crippen molar-refractivity contribution in [2.45, 2.75) is 0 Å². The van der Waals surface area contributed by atoms with Gasteiger partial charge in [-0.25, -0.2) is 0 Å². The van der Waals surface area contributed by atoms with Gasteiger partial charge in [-0.3, -0.25) is 0 Å². The summed E-state index contributed by atoms with van der Waals surface area (Å²) in [6.07, 6.45) is 1.99. The van der Waals surface area contributed by atoms with Crippen LogP contribution in [0, 0.1) is 0 Å². The lowest BCUT2D eigenvalue weighted by molar-refractivity contribution is 1.18. The second-order valence-electron chi connectivity index (χ2n) is 7.20. The first-order valence-electron chi connectivity index (χ1n) is 9.55. The third-order valence-electron chi connectivity index (χ3n) is 5.57. The molecule has 0 aliphatic carbocycles. The Morgan fingerprint density at radius 3 is 2.25 bits per heavy atom. The smallest absolute Gasteiger partial charge is 0.0541 e. The molecule has 0 aliphatic rings. The van der Waals surface area contributed by atoms with Crippen molar-refractivity contribution in [2.24, 2.45) is 0 Å². The maximum atomic E-state index is 3.27. The molecule has 28 heavy (non-hydrogen) atoms. The molecule has 2 heterocycles. The summed E-state index contributed by atoms with van der Waals surface area (Å²) in [6.45, 7) is 0. The average molecular weight is 358 g/mol. The van der Waals surface area contributed by atoms with E-state index in [0.29, 0.717) is 0 Å². The summed E-state index contributed by atoms with van der Waals surface area (Å²) >= 11 is 0. The van der Waals surface area contributed by atoms with Crippen molar-refractivity contribution >= 4 is 32.7 Å². The number of aromatic amines is 1. The molecular formula is C26H18N2. The monoisotopic (exact) mass is 358 g/mol. The predicted molar refractivity (Wildman–Crippen MR) is 118 cm³/mol. The Kier molecular flexibility index (Phi) is 3.20. The maximum absolute atomic E-state index is 3.27. The molecule has 1 N–H and O–H groups in total. The van der Waals surface area contributed by atoms with E-state index in [1.165, 1.54) is 49.5 Å². The molecule has 0 aliphatic heterocycles. The third-order valence-corrected chi connectivity index (χ3v) is 5.57. The van der Waals surface area contributed by atoms with Gasteiger partial charge in [0.1, 0.15) is 0 Å². The highest BCUT2D eigenvalue weighted by Gasteiger charge is 2.12. The summed E-state index contributed by atoms with van der Waals surface area (Å²) in [5.41, 5.74) is 7.32. The Hall–Kier alpha value is -3.78. The largest absolute Gasteiger partial charge is 0.361 e. The molecule has 0 unspecified atom stereocenters. The summed E-state index contributed by atoms with van der Waals surface area (Å²) in [6, 6.07) is 34.8. The molecule has 2 nitrogen and oxygen atoms in total. The molecule has 6 rings (SSSR count). The van der Waals surface area contributed by atoms with Crippen molar-refractivity contribution in [3.8, 4) is 16.8 Å². The zero-order valence-corrected chi connectivity index (χ0v) is 15.3. The highest BCUT2D eigenvalue weighted by atomic mass is 15.0. The van der Waals surface area contributed by atoms with Crippen LogP contribution in [0.4, 0.5) is 0 Å². The highest BCUT2D eigenvalue weighted by Crippen LogP contribution is 2.35. The molecule has 4 aromatic carbocycles. The van der Waals surface area contributed by atoms with Crippen LogP contribution in [-0.4, -0.2) is 9.55 Å². The molecule has 0 radical (unpaired) electrons. The van der Waals surface area contributed by atoms with Gasteiger partial charge in [-0.1, -0.05) is 48.5 Å². The van der Waals surface area contributed by atoms with E-state index in [0.717, 1.165) is 0 Å². The van der Waals surface area contributed by atoms with E-state index >= 15 is 0 Å². The van der Waals surface area contributed by atoms with E-state index < -0.39 is 0 Å². The first-order valence-corrected chi connectivity index (χ1v) is 9.55. The lowest BCUT2D eigenvalue weighted by atomic mass is 10.0. The fourth-order valence-corrected chi connectivity index (χ4v) is 4.24. The van der Waals surface area contributed by atoms with Crippen LogP contribution in [0.15, 0.2) is 103 Å². The van der Waals surface area contributed by atoms with Gasteiger partial charge in [-0.15, -0.1) is 0 Å². The summed E-state index contributed by atoms with van der Waals surface area (Å²) in [4.78, 5) is 3.27. The van der Waals surface area contributed by atoms with Crippen LogP contribution >= 0.6 is 0 Å². The number of nitrogens with one attached hydrogen (secondary N) is 1. The number of fused-ring (bicyclic) bond motifs is 4. The summed E-state index contributed by atoms with van der Waals surface area (Å²) in [5, 5.41) is 3.81. The molecule has 0 fully saturated rings. The predicted octanol–water partition coefficient (Wildman–Crippen LogP) is 6.93. The second-order valence-corrected chi connectivity index (χ2v) is 7.20. The van der Waals surface area contributed by atoms with Gasteiger partial charge in [0, 0.05) is 28.2 Å². The summed E-state index contributed by atoms with van der Waals surface area (Å²) in [5.74, 6) is 0. The highest BCUT2D eigenvalue weighted by molar-refractivity contribution is 6.10. The van der Waals surface area contributed by atoms with E-state index in [-0.39, 0.29) is 0 Å². The minimum absolute atomic E-state index is 1.17. The normalized spacial score (nSPS) is 11.6. The molecule has 2 heteroatoms. The molecule has 0 atom stereocenters. The van der Waals surface area contributed by atoms with Gasteiger partial charge in [0.05, 0.1) is 11.0 Å². The fraction of sp³-hybridized carbons (Fsp3) is 0. The topological polar surface area (TPSA) is 20.7 Å². The standard InChI is InChI=1S/C26H18N2/c1-2-6-21(7-3-1)28-25-9-5-4-8-22(25)23-17-19(11-13-26(23)28)18-10-12-24-20(16-18)14-15-27-24/h1-17,27H. The average Bonchev–Trinajstić information content (AvgIpc) is 3.36. The lowest BCUT2D eigenvalue weighted by Gasteiger charge is -2.08. The number of hydrogen-bond donors (Lipinski definition) is 1. The van der Waals surface area contributed by atoms with Gasteiger partial charge in [-0.05, 0) is 65.0 Å². The van der Waals surface area contributed by atoms with Crippen LogP contribution in [-0.2, 0) is 0 Å². The number of para-hydroxylation sites is 2. The van der Waals surface area contributed by atoms with Gasteiger partial charge in [0.15, 0.2) is 0 Å². The van der Waals surface area contributed by atoms with Gasteiger partial charge in [-0.2, -0.15) is 0 Å². The number of hydrogen-bond acceptors (Lipinski definition) is 0. The Morgan fingerprint density at radius 1 is 0.571 bits per heavy atom. The van der Waals surface area contributed by atoms with E-state index in [1.807, 2.05) is 6.20 Å². The van der Waals surface area contributed by atoms with Gasteiger partial charge >= 0.3 is 0 Å². The van der Waals surface area contributed by atoms with Crippen LogP contribution in [0.5, 0.6) is 0 Å². The lowest BCUT2D eigenvalue weighted by Crippen LogP contribution is -1.92. The molecule has 0 bridgehead atoms. The summed E-state index contributed by atoms with van der Waals surface area (Å²) in [7, 11) is 0. The number of benzene rings is 4. The summed E-state index contributed by atoms with van der Waals surface area (Å²) < 4.78 is 2.35. The quantitative estimate of drug-likeness (QED) is 0.346. The first kappa shape index (κ1) is 15.3. The molecule has 0 amide bonds. The maximum Gasteiger partial charge on any atom is 0.0541 e. The molecule has 0 saturated heterocycles. The first-order chi connectivity index (χ1) is 13.9. The molecule has 132 valence electrons. The van der Waals surface area contributed by atoms with Crippen molar-refractivity contribution in [3.05, 3.63) is 103 Å². The van der Waals surface area contributed by atoms with Crippen molar-refractivity contribution in [2.75, 3.05) is 0 Å². The van der Waals surface area contributed by atoms with Crippen LogP contribution in [0.2, 0.25) is 0 Å². The Bertz CT molecular complexity index is 1450. The molecule has 0 spiro atoms. The number of aromatic nitrogens is 2. The van der Waals surface area contributed by atoms with Crippen molar-refractivity contribution in [1.29, 1.82) is 0 Å². The van der Waals surface area contributed by atoms with Crippen LogP contribution in [0.3, 0.4) is 0 Å². The van der Waals surface area contributed by atoms with E-state index in [9.17, 15) is 0 Å². The Labute approximate surface area is 162 Å². The van der Waals surface area contributed by atoms with E-state index in [4.69, 9.17) is 0 Å². The molecule has 0 saturated carbocycles. The van der Waals surface area contributed by atoms with Crippen molar-refractivity contribution < 1.29 is 0 Å². The van der Waals surface area contributed by atoms with E-state index in [2.05, 4.69) is 107 Å². The molecule has 2 aromatic heterocycles. The zero-order valence-electron chi connectivity index (χ0n) is 15.3. The van der Waals surface area contributed by atoms with Crippen molar-refractivity contribution in [3.63, 3.8) is 0 Å². The Morgan fingerprint density at radius 2 is 1.32 bits per heavy atom. The van der Waals surface area contributed by atoms with Crippen LogP contribution < -0.4 is 0 Å². The van der Waals surface area contributed by atoms with Crippen molar-refractivity contribution in [1.82, 2.24) is 9.55 Å². The fourth-order valence-electron chi connectivity index (χ4n) is 4.24. The third kappa shape index (κ3) is 2.21. The van der Waals surface area contributed by atoms with Gasteiger partial charge < -0.3 is 9.55 Å². The minimum Gasteiger partial charge on any atom is -0.361 e. The number of H-pyrrole nitrogens is 1. The second kappa shape index (κ2) is 5.86. The SMILES string of the molecule is c1ccc(-n2c3ccccc3c3cc(-c4ccc5[nH]ccc5c4)ccc32)cc1. The van der Waals surface area contributed by atoms with Gasteiger partial charge in [0.2, 0.25) is 0 Å². The van der Waals surface area contributed by atoms with E-state index in [1.54, 1.807) is 0 Å². The van der Waals surface area contributed by atoms with Gasteiger partial charge in [0.25, 0.3) is 0 Å². The van der Waals surface area contributed by atoms with Crippen LogP contribution in [0.25, 0.3) is 49.5 Å². The number of nitrogens with zero attached hydrogens (tertiary/aromatic N) is 1. The van der Waals surface area contributed by atoms with Crippen LogP contribution in [0.1, 0.15) is 0 Å². The number of rotatable bonds is 2.